The van der Waals surface area contributed by atoms with Crippen molar-refractivity contribution < 1.29 is 9.53 Å². The minimum Gasteiger partial charge on any atom is -0.488 e. The molecule has 0 saturated heterocycles. The van der Waals surface area contributed by atoms with E-state index >= 15 is 0 Å². The zero-order valence-corrected chi connectivity index (χ0v) is 10.9. The highest BCUT2D eigenvalue weighted by Gasteiger charge is 2.04. The van der Waals surface area contributed by atoms with Crippen LogP contribution in [0.5, 0.6) is 5.75 Å². The number of hydrogen-bond acceptors (Lipinski definition) is 2. The van der Waals surface area contributed by atoms with Gasteiger partial charge >= 0.3 is 0 Å². The highest BCUT2D eigenvalue weighted by atomic mass is 35.5. The maximum Gasteiger partial charge on any atom is 0.153 e. The molecule has 0 aliphatic carbocycles. The molecule has 0 bridgehead atoms. The molecule has 18 heavy (non-hydrogen) atoms. The Kier molecular flexibility index (Phi) is 4.24. The molecular formula is C14H10Cl2O2. The summed E-state index contributed by atoms with van der Waals surface area (Å²) >= 11 is 11.6. The van der Waals surface area contributed by atoms with Crippen LogP contribution in [0.25, 0.3) is 0 Å². The fourth-order valence-corrected chi connectivity index (χ4v) is 1.79. The molecule has 0 spiro atoms. The fraction of sp³-hybridized carbons (Fsp3) is 0.0714. The van der Waals surface area contributed by atoms with Crippen LogP contribution in [0.1, 0.15) is 15.9 Å². The van der Waals surface area contributed by atoms with E-state index in [-0.39, 0.29) is 0 Å². The highest BCUT2D eigenvalue weighted by Crippen LogP contribution is 2.22. The normalized spacial score (nSPS) is 10.1. The van der Waals surface area contributed by atoms with Gasteiger partial charge in [-0.3, -0.25) is 4.79 Å². The van der Waals surface area contributed by atoms with Gasteiger partial charge in [0.25, 0.3) is 0 Å². The molecule has 0 amide bonds. The zero-order chi connectivity index (χ0) is 13.0. The SMILES string of the molecule is O=Cc1cc(Cl)ccc1OCc1ccc(Cl)cc1. The van der Waals surface area contributed by atoms with Crippen LogP contribution in [0.4, 0.5) is 0 Å². The molecule has 0 aliphatic heterocycles. The topological polar surface area (TPSA) is 26.3 Å². The zero-order valence-electron chi connectivity index (χ0n) is 9.40. The Morgan fingerprint density at radius 3 is 2.33 bits per heavy atom. The molecule has 2 aromatic rings. The lowest BCUT2D eigenvalue weighted by atomic mass is 10.2. The number of carbonyl (C=O) groups excluding carboxylic acids is 1. The van der Waals surface area contributed by atoms with Gasteiger partial charge in [-0.25, -0.2) is 0 Å². The van der Waals surface area contributed by atoms with E-state index in [4.69, 9.17) is 27.9 Å². The number of hydrogen-bond donors (Lipinski definition) is 0. The van der Waals surface area contributed by atoms with Crippen LogP contribution >= 0.6 is 23.2 Å². The largest absolute Gasteiger partial charge is 0.488 e. The Hall–Kier alpha value is -1.51. The van der Waals surface area contributed by atoms with Crippen molar-refractivity contribution >= 4 is 29.5 Å². The Balaban J connectivity index is 2.10. The number of carbonyl (C=O) groups is 1. The summed E-state index contributed by atoms with van der Waals surface area (Å²) in [6.45, 7) is 0.375. The van der Waals surface area contributed by atoms with Gasteiger partial charge in [-0.2, -0.15) is 0 Å². The van der Waals surface area contributed by atoms with Crippen molar-refractivity contribution in [3.05, 3.63) is 63.6 Å². The number of benzene rings is 2. The molecule has 2 aromatic carbocycles. The number of rotatable bonds is 4. The first-order valence-corrected chi connectivity index (χ1v) is 6.06. The summed E-state index contributed by atoms with van der Waals surface area (Å²) < 4.78 is 5.58. The van der Waals surface area contributed by atoms with Crippen LogP contribution in [0, 0.1) is 0 Å². The number of aldehydes is 1. The van der Waals surface area contributed by atoms with Crippen LogP contribution in [-0.4, -0.2) is 6.29 Å². The second-order valence-corrected chi connectivity index (χ2v) is 4.59. The monoisotopic (exact) mass is 280 g/mol. The van der Waals surface area contributed by atoms with Crippen LogP contribution in [0.2, 0.25) is 10.0 Å². The lowest BCUT2D eigenvalue weighted by Crippen LogP contribution is -1.98. The third-order valence-electron chi connectivity index (χ3n) is 2.41. The summed E-state index contributed by atoms with van der Waals surface area (Å²) in [5.41, 5.74) is 1.42. The van der Waals surface area contributed by atoms with E-state index in [9.17, 15) is 4.79 Å². The molecule has 0 unspecified atom stereocenters. The molecular weight excluding hydrogens is 271 g/mol. The number of ether oxygens (including phenoxy) is 1. The molecule has 0 aliphatic rings. The quantitative estimate of drug-likeness (QED) is 0.777. The van der Waals surface area contributed by atoms with Gasteiger partial charge in [-0.15, -0.1) is 0 Å². The van der Waals surface area contributed by atoms with Gasteiger partial charge < -0.3 is 4.74 Å². The Bertz CT molecular complexity index is 550. The summed E-state index contributed by atoms with van der Waals surface area (Å²) in [6.07, 6.45) is 0.725. The lowest BCUT2D eigenvalue weighted by Gasteiger charge is -2.08. The smallest absolute Gasteiger partial charge is 0.153 e. The van der Waals surface area contributed by atoms with Gasteiger partial charge in [0.1, 0.15) is 12.4 Å². The molecule has 0 saturated carbocycles. The summed E-state index contributed by atoms with van der Waals surface area (Å²) in [7, 11) is 0. The van der Waals surface area contributed by atoms with E-state index in [1.165, 1.54) is 0 Å². The molecule has 0 fully saturated rings. The van der Waals surface area contributed by atoms with Crippen molar-refractivity contribution in [2.75, 3.05) is 0 Å². The fourth-order valence-electron chi connectivity index (χ4n) is 1.48. The van der Waals surface area contributed by atoms with Crippen molar-refractivity contribution in [3.63, 3.8) is 0 Å². The van der Waals surface area contributed by atoms with Gasteiger partial charge in [0, 0.05) is 10.0 Å². The first-order valence-electron chi connectivity index (χ1n) is 5.31. The molecule has 0 radical (unpaired) electrons. The second-order valence-electron chi connectivity index (χ2n) is 3.72. The van der Waals surface area contributed by atoms with Crippen molar-refractivity contribution in [2.45, 2.75) is 6.61 Å². The van der Waals surface area contributed by atoms with E-state index in [0.29, 0.717) is 28.0 Å². The predicted octanol–water partition coefficient (Wildman–Crippen LogP) is 4.38. The van der Waals surface area contributed by atoms with Gasteiger partial charge in [0.05, 0.1) is 5.56 Å². The first-order chi connectivity index (χ1) is 8.69. The molecule has 4 heteroatoms. The maximum absolute atomic E-state index is 10.9. The van der Waals surface area contributed by atoms with Crippen molar-refractivity contribution in [1.82, 2.24) is 0 Å². The van der Waals surface area contributed by atoms with E-state index in [1.54, 1.807) is 30.3 Å². The van der Waals surface area contributed by atoms with Crippen molar-refractivity contribution in [2.24, 2.45) is 0 Å². The Morgan fingerprint density at radius 1 is 1.00 bits per heavy atom. The van der Waals surface area contributed by atoms with Crippen molar-refractivity contribution in [3.8, 4) is 5.75 Å². The van der Waals surface area contributed by atoms with E-state index in [0.717, 1.165) is 11.8 Å². The summed E-state index contributed by atoms with van der Waals surface area (Å²) in [4.78, 5) is 10.9. The van der Waals surface area contributed by atoms with Gasteiger partial charge in [0.2, 0.25) is 0 Å². The number of halogens is 2. The molecule has 0 heterocycles. The van der Waals surface area contributed by atoms with Gasteiger partial charge in [-0.05, 0) is 35.9 Å². The molecule has 92 valence electrons. The Labute approximate surface area is 115 Å². The molecule has 2 rings (SSSR count). The Morgan fingerprint density at radius 2 is 1.67 bits per heavy atom. The van der Waals surface area contributed by atoms with E-state index in [2.05, 4.69) is 0 Å². The highest BCUT2D eigenvalue weighted by molar-refractivity contribution is 6.31. The van der Waals surface area contributed by atoms with Crippen LogP contribution in [0.15, 0.2) is 42.5 Å². The van der Waals surface area contributed by atoms with E-state index in [1.807, 2.05) is 12.1 Å². The van der Waals surface area contributed by atoms with Crippen molar-refractivity contribution in [1.29, 1.82) is 0 Å². The average molecular weight is 281 g/mol. The van der Waals surface area contributed by atoms with Crippen LogP contribution in [0.3, 0.4) is 0 Å². The van der Waals surface area contributed by atoms with Gasteiger partial charge in [-0.1, -0.05) is 35.3 Å². The van der Waals surface area contributed by atoms with Crippen LogP contribution < -0.4 is 4.74 Å². The minimum absolute atomic E-state index is 0.375. The van der Waals surface area contributed by atoms with Gasteiger partial charge in [0.15, 0.2) is 6.29 Å². The van der Waals surface area contributed by atoms with E-state index < -0.39 is 0 Å². The first kappa shape index (κ1) is 12.9. The minimum atomic E-state index is 0.375. The third kappa shape index (κ3) is 3.25. The summed E-state index contributed by atoms with van der Waals surface area (Å²) in [5, 5.41) is 1.19. The maximum atomic E-state index is 10.9. The second kappa shape index (κ2) is 5.89. The standard InChI is InChI=1S/C14H10Cl2O2/c15-12-3-1-10(2-4-12)9-18-14-6-5-13(16)7-11(14)8-17/h1-8H,9H2. The lowest BCUT2D eigenvalue weighted by molar-refractivity contribution is 0.111. The molecule has 0 atom stereocenters. The molecule has 0 aromatic heterocycles. The summed E-state index contributed by atoms with van der Waals surface area (Å²) in [5.74, 6) is 0.518. The predicted molar refractivity (Wildman–Crippen MR) is 72.6 cm³/mol. The van der Waals surface area contributed by atoms with Crippen LogP contribution in [-0.2, 0) is 6.61 Å². The third-order valence-corrected chi connectivity index (χ3v) is 2.89. The molecule has 2 nitrogen and oxygen atoms in total. The average Bonchev–Trinajstić information content (AvgIpc) is 2.39. The molecule has 0 N–H and O–H groups in total. The summed E-state index contributed by atoms with van der Waals surface area (Å²) in [6, 6.07) is 12.3.